The van der Waals surface area contributed by atoms with Crippen molar-refractivity contribution in [3.8, 4) is 0 Å². The Labute approximate surface area is 111 Å². The lowest BCUT2D eigenvalue weighted by Gasteiger charge is -2.31. The molecule has 0 amide bonds. The highest BCUT2D eigenvalue weighted by atomic mass is 32.2. The average Bonchev–Trinajstić information content (AvgIpc) is 2.09. The fraction of sp³-hybridized carbons (Fsp3) is 0.500. The van der Waals surface area contributed by atoms with Crippen LogP contribution in [0.1, 0.15) is 26.2 Å². The van der Waals surface area contributed by atoms with Crippen molar-refractivity contribution < 1.29 is 17.2 Å². The summed E-state index contributed by atoms with van der Waals surface area (Å²) in [6.07, 6.45) is 2.91. The summed E-state index contributed by atoms with van der Waals surface area (Å²) in [7, 11) is -4.21. The molecule has 1 aliphatic rings. The molecule has 0 bridgehead atoms. The minimum Gasteiger partial charge on any atom is -0.399 e. The molecule has 1 aromatic rings. The Bertz CT molecular complexity index is 562. The minimum atomic E-state index is -4.21. The summed E-state index contributed by atoms with van der Waals surface area (Å²) in [6, 6.07) is 1.26. The molecule has 19 heavy (non-hydrogen) atoms. The van der Waals surface area contributed by atoms with Gasteiger partial charge in [0.15, 0.2) is 4.90 Å². The van der Waals surface area contributed by atoms with Crippen molar-refractivity contribution in [1.29, 1.82) is 0 Å². The molecule has 0 aromatic heterocycles. The van der Waals surface area contributed by atoms with Crippen LogP contribution in [0.25, 0.3) is 0 Å². The molecular formula is C12H16F2N2O2S. The van der Waals surface area contributed by atoms with Crippen LogP contribution < -0.4 is 10.5 Å². The van der Waals surface area contributed by atoms with Gasteiger partial charge in [0, 0.05) is 11.7 Å². The normalized spacial score (nSPS) is 18.1. The molecule has 1 aliphatic carbocycles. The van der Waals surface area contributed by atoms with Crippen molar-refractivity contribution in [2.24, 2.45) is 5.92 Å². The van der Waals surface area contributed by atoms with E-state index < -0.39 is 26.6 Å². The molecule has 1 aromatic carbocycles. The van der Waals surface area contributed by atoms with Gasteiger partial charge in [-0.15, -0.1) is 0 Å². The van der Waals surface area contributed by atoms with Crippen molar-refractivity contribution in [2.75, 3.05) is 5.73 Å². The standard InChI is InChI=1S/C12H16F2N2O2S/c1-7(8-3-2-4-8)16-19(17,18)12-10(13)5-9(15)6-11(12)14/h5-8,16H,2-4,15H2,1H3. The van der Waals surface area contributed by atoms with Crippen LogP contribution in [-0.2, 0) is 10.0 Å². The Hall–Kier alpha value is -1.21. The zero-order chi connectivity index (χ0) is 14.2. The molecule has 0 spiro atoms. The maximum absolute atomic E-state index is 13.6. The number of anilines is 1. The summed E-state index contributed by atoms with van der Waals surface area (Å²) in [5.41, 5.74) is 5.10. The number of hydrogen-bond acceptors (Lipinski definition) is 3. The van der Waals surface area contributed by atoms with E-state index in [0.29, 0.717) is 0 Å². The van der Waals surface area contributed by atoms with Gasteiger partial charge in [-0.25, -0.2) is 21.9 Å². The van der Waals surface area contributed by atoms with Gasteiger partial charge in [0.25, 0.3) is 0 Å². The summed E-state index contributed by atoms with van der Waals surface area (Å²) in [5, 5.41) is 0. The monoisotopic (exact) mass is 290 g/mol. The highest BCUT2D eigenvalue weighted by Crippen LogP contribution is 2.30. The lowest BCUT2D eigenvalue weighted by molar-refractivity contribution is 0.260. The van der Waals surface area contributed by atoms with Crippen LogP contribution in [0.5, 0.6) is 0 Å². The van der Waals surface area contributed by atoms with E-state index in [0.717, 1.165) is 31.4 Å². The highest BCUT2D eigenvalue weighted by molar-refractivity contribution is 7.89. The molecule has 7 heteroatoms. The fourth-order valence-electron chi connectivity index (χ4n) is 2.18. The van der Waals surface area contributed by atoms with Crippen molar-refractivity contribution >= 4 is 15.7 Å². The van der Waals surface area contributed by atoms with E-state index in [4.69, 9.17) is 5.73 Å². The Morgan fingerprint density at radius 1 is 1.32 bits per heavy atom. The summed E-state index contributed by atoms with van der Waals surface area (Å²) in [5.74, 6) is -2.12. The first kappa shape index (κ1) is 14.2. The molecule has 0 aliphatic heterocycles. The Morgan fingerprint density at radius 2 is 1.84 bits per heavy atom. The van der Waals surface area contributed by atoms with E-state index in [2.05, 4.69) is 4.72 Å². The van der Waals surface area contributed by atoms with Crippen LogP contribution in [0.3, 0.4) is 0 Å². The van der Waals surface area contributed by atoms with Gasteiger partial charge in [-0.2, -0.15) is 0 Å². The summed E-state index contributed by atoms with van der Waals surface area (Å²) < 4.78 is 53.6. The number of hydrogen-bond donors (Lipinski definition) is 2. The van der Waals surface area contributed by atoms with Gasteiger partial charge in [-0.3, -0.25) is 0 Å². The number of nitrogens with one attached hydrogen (secondary N) is 1. The van der Waals surface area contributed by atoms with Gasteiger partial charge in [-0.1, -0.05) is 6.42 Å². The lowest BCUT2D eigenvalue weighted by atomic mass is 9.81. The number of rotatable bonds is 4. The molecule has 4 nitrogen and oxygen atoms in total. The van der Waals surface area contributed by atoms with E-state index >= 15 is 0 Å². The smallest absolute Gasteiger partial charge is 0.246 e. The van der Waals surface area contributed by atoms with E-state index in [1.807, 2.05) is 0 Å². The molecule has 1 saturated carbocycles. The molecule has 1 unspecified atom stereocenters. The SMILES string of the molecule is CC(NS(=O)(=O)c1c(F)cc(N)cc1F)C1CCC1. The molecule has 0 heterocycles. The predicted octanol–water partition coefficient (Wildman–Crippen LogP) is 2.01. The first-order chi connectivity index (χ1) is 8.81. The third kappa shape index (κ3) is 2.87. The van der Waals surface area contributed by atoms with E-state index in [1.165, 1.54) is 0 Å². The van der Waals surface area contributed by atoms with Crippen molar-refractivity contribution in [3.63, 3.8) is 0 Å². The molecule has 0 radical (unpaired) electrons. The van der Waals surface area contributed by atoms with Crippen LogP contribution >= 0.6 is 0 Å². The van der Waals surface area contributed by atoms with Crippen LogP contribution in [0, 0.1) is 17.6 Å². The van der Waals surface area contributed by atoms with Gasteiger partial charge in [0.1, 0.15) is 11.6 Å². The van der Waals surface area contributed by atoms with Crippen LogP contribution in [0.2, 0.25) is 0 Å². The number of nitrogens with two attached hydrogens (primary N) is 1. The first-order valence-corrected chi connectivity index (χ1v) is 7.56. The quantitative estimate of drug-likeness (QED) is 0.833. The third-order valence-corrected chi connectivity index (χ3v) is 5.10. The fourth-order valence-corrected chi connectivity index (χ4v) is 3.61. The topological polar surface area (TPSA) is 72.2 Å². The first-order valence-electron chi connectivity index (χ1n) is 6.08. The highest BCUT2D eigenvalue weighted by Gasteiger charge is 2.31. The van der Waals surface area contributed by atoms with Gasteiger partial charge in [0.05, 0.1) is 0 Å². The number of nitrogen functional groups attached to an aromatic ring is 1. The number of sulfonamides is 1. The van der Waals surface area contributed by atoms with Crippen molar-refractivity contribution in [3.05, 3.63) is 23.8 Å². The maximum Gasteiger partial charge on any atom is 0.246 e. The molecule has 1 atom stereocenters. The van der Waals surface area contributed by atoms with Crippen LogP contribution in [0.15, 0.2) is 17.0 Å². The molecular weight excluding hydrogens is 274 g/mol. The lowest BCUT2D eigenvalue weighted by Crippen LogP contribution is -2.41. The maximum atomic E-state index is 13.6. The van der Waals surface area contributed by atoms with E-state index in [-0.39, 0.29) is 17.6 Å². The second kappa shape index (κ2) is 5.05. The minimum absolute atomic E-state index is 0.152. The largest absolute Gasteiger partial charge is 0.399 e. The van der Waals surface area contributed by atoms with Gasteiger partial charge >= 0.3 is 0 Å². The molecule has 2 rings (SSSR count). The van der Waals surface area contributed by atoms with Crippen molar-refractivity contribution in [2.45, 2.75) is 37.1 Å². The zero-order valence-electron chi connectivity index (χ0n) is 10.5. The number of benzene rings is 1. The van der Waals surface area contributed by atoms with Gasteiger partial charge in [-0.05, 0) is 37.8 Å². The molecule has 1 fully saturated rings. The van der Waals surface area contributed by atoms with Gasteiger partial charge in [0.2, 0.25) is 10.0 Å². The van der Waals surface area contributed by atoms with E-state index in [1.54, 1.807) is 6.92 Å². The molecule has 106 valence electrons. The number of halogens is 2. The summed E-state index contributed by atoms with van der Waals surface area (Å²) >= 11 is 0. The Kier molecular flexibility index (Phi) is 3.78. The predicted molar refractivity (Wildman–Crippen MR) is 67.9 cm³/mol. The van der Waals surface area contributed by atoms with Crippen LogP contribution in [0.4, 0.5) is 14.5 Å². The van der Waals surface area contributed by atoms with Gasteiger partial charge < -0.3 is 5.73 Å². The molecule has 3 N–H and O–H groups in total. The molecule has 0 saturated heterocycles. The summed E-state index contributed by atoms with van der Waals surface area (Å²) in [4.78, 5) is -0.965. The van der Waals surface area contributed by atoms with E-state index in [9.17, 15) is 17.2 Å². The zero-order valence-corrected chi connectivity index (χ0v) is 11.3. The van der Waals surface area contributed by atoms with Crippen molar-refractivity contribution in [1.82, 2.24) is 4.72 Å². The second-order valence-corrected chi connectivity index (χ2v) is 6.57. The Morgan fingerprint density at radius 3 is 2.26 bits per heavy atom. The second-order valence-electron chi connectivity index (χ2n) is 4.91. The average molecular weight is 290 g/mol. The Balaban J connectivity index is 2.29. The third-order valence-electron chi connectivity index (χ3n) is 3.49. The van der Waals surface area contributed by atoms with Crippen LogP contribution in [-0.4, -0.2) is 14.5 Å². The summed E-state index contributed by atoms with van der Waals surface area (Å²) in [6.45, 7) is 1.70.